The number of benzene rings is 1. The van der Waals surface area contributed by atoms with E-state index in [4.69, 9.17) is 0 Å². The second kappa shape index (κ2) is 4.20. The average molecular weight is 201 g/mol. The Hall–Kier alpha value is -1.73. The molecule has 0 N–H and O–H groups in total. The molecule has 0 radical (unpaired) electrons. The summed E-state index contributed by atoms with van der Waals surface area (Å²) >= 11 is 0. The van der Waals surface area contributed by atoms with Crippen molar-refractivity contribution in [1.82, 2.24) is 0 Å². The van der Waals surface area contributed by atoms with Crippen molar-refractivity contribution in [3.8, 4) is 0 Å². The molecule has 0 spiro atoms. The van der Waals surface area contributed by atoms with Crippen molar-refractivity contribution in [3.05, 3.63) is 35.4 Å². The molecule has 0 heterocycles. The minimum atomic E-state index is -0.329. The topological polar surface area (TPSA) is 46.5 Å². The molecule has 3 nitrogen and oxygen atoms in total. The fraction of sp³-hybridized carbons (Fsp3) is 0.333. The van der Waals surface area contributed by atoms with Crippen molar-refractivity contribution in [3.63, 3.8) is 0 Å². The van der Waals surface area contributed by atoms with Crippen molar-refractivity contribution >= 4 is 12.4 Å². The zero-order valence-corrected chi connectivity index (χ0v) is 8.22. The summed E-state index contributed by atoms with van der Waals surface area (Å²) in [5, 5.41) is 0. The maximum Gasteiger partial charge on any atom is 0.235 e. The van der Waals surface area contributed by atoms with Crippen molar-refractivity contribution in [1.29, 1.82) is 0 Å². The summed E-state index contributed by atoms with van der Waals surface area (Å²) in [6.07, 6.45) is 4.09. The van der Waals surface area contributed by atoms with Gasteiger partial charge in [-0.1, -0.05) is 24.3 Å². The Labute approximate surface area is 87.8 Å². The molecule has 15 heavy (non-hydrogen) atoms. The van der Waals surface area contributed by atoms with Crippen LogP contribution in [0, 0.1) is 5.92 Å². The van der Waals surface area contributed by atoms with E-state index in [9.17, 15) is 9.59 Å². The van der Waals surface area contributed by atoms with Crippen LogP contribution < -0.4 is 0 Å². The van der Waals surface area contributed by atoms with Gasteiger partial charge in [0.25, 0.3) is 0 Å². The second-order valence-electron chi connectivity index (χ2n) is 3.70. The van der Waals surface area contributed by atoms with Crippen LogP contribution in [0.25, 0.3) is 0 Å². The first-order valence-electron chi connectivity index (χ1n) is 4.97. The number of hydrogen-bond donors (Lipinski definition) is 0. The summed E-state index contributed by atoms with van der Waals surface area (Å²) < 4.78 is 0. The van der Waals surface area contributed by atoms with Gasteiger partial charge in [-0.15, -0.1) is 0 Å². The molecule has 1 aliphatic carbocycles. The minimum absolute atomic E-state index is 0.179. The Balaban J connectivity index is 2.46. The average Bonchev–Trinajstić information content (AvgIpc) is 2.30. The molecule has 3 heteroatoms. The number of nitrogens with zero attached hydrogens (tertiary/aromatic N) is 1. The lowest BCUT2D eigenvalue weighted by atomic mass is 9.81. The quantitative estimate of drug-likeness (QED) is 0.416. The Morgan fingerprint density at radius 3 is 2.93 bits per heavy atom. The van der Waals surface area contributed by atoms with Gasteiger partial charge in [0.15, 0.2) is 0 Å². The monoisotopic (exact) mass is 201 g/mol. The van der Waals surface area contributed by atoms with Gasteiger partial charge in [0.05, 0.1) is 6.04 Å². The van der Waals surface area contributed by atoms with E-state index in [0.717, 1.165) is 24.7 Å². The van der Waals surface area contributed by atoms with E-state index in [2.05, 4.69) is 4.99 Å². The molecule has 0 amide bonds. The highest BCUT2D eigenvalue weighted by Crippen LogP contribution is 2.35. The van der Waals surface area contributed by atoms with Gasteiger partial charge in [-0.3, -0.25) is 0 Å². The first kappa shape index (κ1) is 9.81. The highest BCUT2D eigenvalue weighted by Gasteiger charge is 2.28. The molecular formula is C12H11NO2. The molecule has 1 aromatic carbocycles. The summed E-state index contributed by atoms with van der Waals surface area (Å²) in [6.45, 7) is 0. The molecule has 76 valence electrons. The largest absolute Gasteiger partial charge is 0.303 e. The van der Waals surface area contributed by atoms with Gasteiger partial charge < -0.3 is 4.79 Å². The lowest BCUT2D eigenvalue weighted by molar-refractivity contribution is -0.112. The molecule has 1 aliphatic rings. The zero-order chi connectivity index (χ0) is 10.7. The fourth-order valence-corrected chi connectivity index (χ4v) is 2.13. The number of isocyanates is 1. The first-order valence-corrected chi connectivity index (χ1v) is 4.97. The third-order valence-corrected chi connectivity index (χ3v) is 2.89. The Bertz CT molecular complexity index is 421. The number of aryl methyl sites for hydroxylation is 1. The van der Waals surface area contributed by atoms with Crippen LogP contribution in [-0.2, 0) is 16.0 Å². The van der Waals surface area contributed by atoms with E-state index in [1.165, 1.54) is 5.56 Å². The molecule has 0 bridgehead atoms. The van der Waals surface area contributed by atoms with Gasteiger partial charge in [0, 0.05) is 5.92 Å². The van der Waals surface area contributed by atoms with Gasteiger partial charge in [-0.25, -0.2) is 4.79 Å². The number of hydrogen-bond acceptors (Lipinski definition) is 3. The number of aldehydes is 1. The number of aliphatic imine (C=N–C) groups is 1. The second-order valence-corrected chi connectivity index (χ2v) is 3.70. The van der Waals surface area contributed by atoms with Crippen LogP contribution in [0.15, 0.2) is 29.3 Å². The zero-order valence-electron chi connectivity index (χ0n) is 8.22. The number of fused-ring (bicyclic) bond motifs is 1. The molecule has 0 fully saturated rings. The van der Waals surface area contributed by atoms with Crippen LogP contribution in [0.2, 0.25) is 0 Å². The van der Waals surface area contributed by atoms with E-state index >= 15 is 0 Å². The summed E-state index contributed by atoms with van der Waals surface area (Å²) in [4.78, 5) is 24.9. The molecule has 1 aromatic rings. The summed E-state index contributed by atoms with van der Waals surface area (Å²) in [7, 11) is 0. The van der Waals surface area contributed by atoms with Gasteiger partial charge in [0.1, 0.15) is 6.29 Å². The van der Waals surface area contributed by atoms with E-state index < -0.39 is 0 Å². The van der Waals surface area contributed by atoms with Crippen molar-refractivity contribution in [2.45, 2.75) is 18.9 Å². The van der Waals surface area contributed by atoms with Crippen LogP contribution in [0.5, 0.6) is 0 Å². The Morgan fingerprint density at radius 1 is 1.40 bits per heavy atom. The SMILES string of the molecule is O=C=NC1c2ccccc2CCC1C=O. The number of carbonyl (C=O) groups excluding carboxylic acids is 2. The molecule has 2 unspecified atom stereocenters. The van der Waals surface area contributed by atoms with Crippen LogP contribution >= 0.6 is 0 Å². The van der Waals surface area contributed by atoms with Crippen LogP contribution in [0.4, 0.5) is 0 Å². The van der Waals surface area contributed by atoms with Crippen LogP contribution in [-0.4, -0.2) is 12.4 Å². The van der Waals surface area contributed by atoms with E-state index in [-0.39, 0.29) is 12.0 Å². The maximum absolute atomic E-state index is 10.9. The molecule has 0 saturated carbocycles. The van der Waals surface area contributed by atoms with E-state index in [1.54, 1.807) is 6.08 Å². The normalized spacial score (nSPS) is 23.7. The fourth-order valence-electron chi connectivity index (χ4n) is 2.13. The van der Waals surface area contributed by atoms with E-state index in [1.807, 2.05) is 24.3 Å². The predicted octanol–water partition coefficient (Wildman–Crippen LogP) is 1.82. The third kappa shape index (κ3) is 1.74. The lowest BCUT2D eigenvalue weighted by Crippen LogP contribution is -2.20. The highest BCUT2D eigenvalue weighted by molar-refractivity contribution is 5.58. The summed E-state index contributed by atoms with van der Waals surface area (Å²) in [5.41, 5.74) is 2.17. The van der Waals surface area contributed by atoms with Gasteiger partial charge in [-0.2, -0.15) is 4.99 Å². The smallest absolute Gasteiger partial charge is 0.235 e. The molecule has 2 rings (SSSR count). The van der Waals surface area contributed by atoms with Crippen molar-refractivity contribution < 1.29 is 9.59 Å². The standard InChI is InChI=1S/C12H11NO2/c14-7-10-6-5-9-3-1-2-4-11(9)12(10)13-8-15/h1-4,7,10,12H,5-6H2. The first-order chi connectivity index (χ1) is 7.36. The Morgan fingerprint density at radius 2 is 2.20 bits per heavy atom. The third-order valence-electron chi connectivity index (χ3n) is 2.89. The van der Waals surface area contributed by atoms with Crippen LogP contribution in [0.1, 0.15) is 23.6 Å². The number of carbonyl (C=O) groups is 1. The lowest BCUT2D eigenvalue weighted by Gasteiger charge is -2.26. The highest BCUT2D eigenvalue weighted by atomic mass is 16.1. The molecule has 0 saturated heterocycles. The predicted molar refractivity (Wildman–Crippen MR) is 55.2 cm³/mol. The van der Waals surface area contributed by atoms with Crippen molar-refractivity contribution in [2.75, 3.05) is 0 Å². The van der Waals surface area contributed by atoms with Crippen LogP contribution in [0.3, 0.4) is 0 Å². The summed E-state index contributed by atoms with van der Waals surface area (Å²) in [6, 6.07) is 7.48. The molecule has 2 atom stereocenters. The molecule has 0 aliphatic heterocycles. The van der Waals surface area contributed by atoms with E-state index in [0.29, 0.717) is 0 Å². The maximum atomic E-state index is 10.9. The number of rotatable bonds is 2. The Kier molecular flexibility index (Phi) is 2.75. The molecule has 0 aromatic heterocycles. The van der Waals surface area contributed by atoms with Crippen molar-refractivity contribution in [2.24, 2.45) is 10.9 Å². The van der Waals surface area contributed by atoms with Gasteiger partial charge >= 0.3 is 0 Å². The van der Waals surface area contributed by atoms with Gasteiger partial charge in [0.2, 0.25) is 6.08 Å². The van der Waals surface area contributed by atoms with Gasteiger partial charge in [-0.05, 0) is 24.0 Å². The molecular weight excluding hydrogens is 190 g/mol. The summed E-state index contributed by atoms with van der Waals surface area (Å²) in [5.74, 6) is -0.179. The minimum Gasteiger partial charge on any atom is -0.303 e.